The summed E-state index contributed by atoms with van der Waals surface area (Å²) >= 11 is 0. The van der Waals surface area contributed by atoms with Crippen LogP contribution in [0.25, 0.3) is 10.9 Å². The van der Waals surface area contributed by atoms with Gasteiger partial charge in [-0.15, -0.1) is 0 Å². The summed E-state index contributed by atoms with van der Waals surface area (Å²) in [7, 11) is 0. The molecule has 1 N–H and O–H groups in total. The van der Waals surface area contributed by atoms with E-state index in [0.29, 0.717) is 12.1 Å². The van der Waals surface area contributed by atoms with Crippen LogP contribution in [0.4, 0.5) is 4.79 Å². The topological polar surface area (TPSA) is 87.4 Å². The number of carbonyl (C=O) groups excluding carboxylic acids is 2. The number of amides is 2. The number of ether oxygens (including phenoxy) is 1. The van der Waals surface area contributed by atoms with Gasteiger partial charge in [-0.2, -0.15) is 5.26 Å². The number of nitrogens with one attached hydrogen (secondary N) is 1. The molecule has 7 nitrogen and oxygen atoms in total. The van der Waals surface area contributed by atoms with Gasteiger partial charge in [0.2, 0.25) is 5.91 Å². The van der Waals surface area contributed by atoms with Crippen LogP contribution in [0.15, 0.2) is 24.3 Å². The van der Waals surface area contributed by atoms with Crippen molar-refractivity contribution in [1.29, 1.82) is 5.26 Å². The van der Waals surface area contributed by atoms with Gasteiger partial charge in [0.15, 0.2) is 0 Å². The number of nitriles is 1. The lowest BCUT2D eigenvalue weighted by molar-refractivity contribution is -0.134. The molecule has 2 aromatic rings. The molecule has 2 amide bonds. The summed E-state index contributed by atoms with van der Waals surface area (Å²) in [6.45, 7) is 10.8. The number of hydrogen-bond donors (Lipinski definition) is 1. The molecule has 2 unspecified atom stereocenters. The Bertz CT molecular complexity index is 1030. The number of fused-ring (bicyclic) bond motifs is 1. The molecule has 7 heteroatoms. The monoisotopic (exact) mass is 438 g/mol. The molecular formula is C25H34N4O3. The molecule has 1 aliphatic rings. The van der Waals surface area contributed by atoms with Crippen molar-refractivity contribution in [1.82, 2.24) is 14.8 Å². The van der Waals surface area contributed by atoms with Crippen molar-refractivity contribution in [3.63, 3.8) is 0 Å². The Hall–Kier alpha value is -3.01. The van der Waals surface area contributed by atoms with Gasteiger partial charge < -0.3 is 19.5 Å². The fourth-order valence-electron chi connectivity index (χ4n) is 4.50. The number of hydrogen-bond acceptors (Lipinski definition) is 4. The summed E-state index contributed by atoms with van der Waals surface area (Å²) in [6, 6.07) is 9.72. The molecular weight excluding hydrogens is 404 g/mol. The first-order chi connectivity index (χ1) is 15.1. The van der Waals surface area contributed by atoms with Crippen LogP contribution >= 0.6 is 0 Å². The fourth-order valence-corrected chi connectivity index (χ4v) is 4.50. The highest BCUT2D eigenvalue weighted by Gasteiger charge is 2.32. The highest BCUT2D eigenvalue weighted by Crippen LogP contribution is 2.26. The third kappa shape index (κ3) is 5.42. The zero-order valence-corrected chi connectivity index (χ0v) is 19.8. The molecule has 1 aromatic heterocycles. The lowest BCUT2D eigenvalue weighted by Gasteiger charge is -2.28. The number of alkyl carbamates (subject to hydrolysis) is 1. The van der Waals surface area contributed by atoms with E-state index in [2.05, 4.69) is 28.9 Å². The highest BCUT2D eigenvalue weighted by molar-refractivity contribution is 5.86. The van der Waals surface area contributed by atoms with Gasteiger partial charge in [-0.1, -0.05) is 6.07 Å². The zero-order valence-electron chi connectivity index (χ0n) is 19.8. The van der Waals surface area contributed by atoms with Crippen LogP contribution in [-0.2, 0) is 22.5 Å². The number of carbonyl (C=O) groups is 2. The van der Waals surface area contributed by atoms with Crippen LogP contribution in [0.1, 0.15) is 65.1 Å². The van der Waals surface area contributed by atoms with Gasteiger partial charge in [-0.3, -0.25) is 4.79 Å². The van der Waals surface area contributed by atoms with Crippen molar-refractivity contribution < 1.29 is 14.3 Å². The van der Waals surface area contributed by atoms with E-state index in [1.807, 2.05) is 23.1 Å². The minimum absolute atomic E-state index is 0.0620. The van der Waals surface area contributed by atoms with E-state index in [1.165, 1.54) is 5.69 Å². The molecule has 1 aliphatic heterocycles. The predicted octanol–water partition coefficient (Wildman–Crippen LogP) is 4.37. The van der Waals surface area contributed by atoms with Gasteiger partial charge >= 0.3 is 6.09 Å². The van der Waals surface area contributed by atoms with E-state index in [1.54, 1.807) is 27.7 Å². The van der Waals surface area contributed by atoms with Gasteiger partial charge in [-0.05, 0) is 83.9 Å². The second kappa shape index (κ2) is 9.64. The van der Waals surface area contributed by atoms with E-state index in [9.17, 15) is 14.9 Å². The molecule has 0 saturated carbocycles. The molecule has 172 valence electrons. The average Bonchev–Trinajstić information content (AvgIpc) is 3.33. The summed E-state index contributed by atoms with van der Waals surface area (Å²) in [6.07, 6.45) is 3.09. The van der Waals surface area contributed by atoms with Crippen molar-refractivity contribution in [2.75, 3.05) is 6.54 Å². The van der Waals surface area contributed by atoms with Gasteiger partial charge in [0.05, 0.1) is 11.6 Å². The maximum atomic E-state index is 13.0. The van der Waals surface area contributed by atoms with Crippen LogP contribution in [0.2, 0.25) is 0 Å². The summed E-state index contributed by atoms with van der Waals surface area (Å²) < 4.78 is 7.53. The van der Waals surface area contributed by atoms with Crippen molar-refractivity contribution in [2.45, 2.75) is 84.5 Å². The van der Waals surface area contributed by atoms with Gasteiger partial charge in [0.25, 0.3) is 0 Å². The van der Waals surface area contributed by atoms with Crippen LogP contribution in [0, 0.1) is 11.3 Å². The second-order valence-electron chi connectivity index (χ2n) is 9.50. The molecule has 3 rings (SSSR count). The van der Waals surface area contributed by atoms with Gasteiger partial charge in [0, 0.05) is 30.3 Å². The van der Waals surface area contributed by atoms with Crippen LogP contribution in [-0.4, -0.2) is 45.7 Å². The molecule has 0 aliphatic carbocycles. The lowest BCUT2D eigenvalue weighted by atomic mass is 10.1. The smallest absolute Gasteiger partial charge is 0.408 e. The third-order valence-electron chi connectivity index (χ3n) is 5.93. The Kier molecular flexibility index (Phi) is 7.12. The minimum Gasteiger partial charge on any atom is -0.444 e. The largest absolute Gasteiger partial charge is 0.444 e. The Morgan fingerprint density at radius 1 is 1.31 bits per heavy atom. The standard InChI is InChI=1S/C25H34N4O3/c1-6-28-21(15-19-10-9-18(16-26)14-22(19)28)12-11-20-8-7-13-29(20)23(30)17(2)27-24(31)32-25(3,4)5/h9-10,14-15,17,20H,6-8,11-13H2,1-5H3,(H,27,31). The lowest BCUT2D eigenvalue weighted by Crippen LogP contribution is -2.49. The molecule has 1 aromatic carbocycles. The molecule has 0 radical (unpaired) electrons. The fraction of sp³-hybridized carbons (Fsp3) is 0.560. The highest BCUT2D eigenvalue weighted by atomic mass is 16.6. The van der Waals surface area contributed by atoms with Crippen LogP contribution in [0.3, 0.4) is 0 Å². The van der Waals surface area contributed by atoms with Crippen LogP contribution in [0.5, 0.6) is 0 Å². The maximum Gasteiger partial charge on any atom is 0.408 e. The number of likely N-dealkylation sites (tertiary alicyclic amines) is 1. The number of benzene rings is 1. The number of nitrogens with zero attached hydrogens (tertiary/aromatic N) is 3. The minimum atomic E-state index is -0.628. The normalized spacial score (nSPS) is 17.2. The number of aromatic nitrogens is 1. The van der Waals surface area contributed by atoms with E-state index in [-0.39, 0.29) is 11.9 Å². The van der Waals surface area contributed by atoms with Crippen molar-refractivity contribution in [3.05, 3.63) is 35.5 Å². The molecule has 1 saturated heterocycles. The average molecular weight is 439 g/mol. The summed E-state index contributed by atoms with van der Waals surface area (Å²) in [4.78, 5) is 27.0. The summed E-state index contributed by atoms with van der Waals surface area (Å²) in [5.41, 5.74) is 2.36. The summed E-state index contributed by atoms with van der Waals surface area (Å²) in [5.74, 6) is -0.0620. The molecule has 1 fully saturated rings. The zero-order chi connectivity index (χ0) is 23.5. The van der Waals surface area contributed by atoms with Crippen LogP contribution < -0.4 is 5.32 Å². The van der Waals surface area contributed by atoms with E-state index in [0.717, 1.165) is 43.1 Å². The molecule has 2 heterocycles. The molecule has 0 spiro atoms. The molecule has 0 bridgehead atoms. The van der Waals surface area contributed by atoms with Gasteiger partial charge in [0.1, 0.15) is 11.6 Å². The van der Waals surface area contributed by atoms with E-state index in [4.69, 9.17) is 4.74 Å². The van der Waals surface area contributed by atoms with Crippen molar-refractivity contribution in [3.8, 4) is 6.07 Å². The van der Waals surface area contributed by atoms with Crippen molar-refractivity contribution in [2.24, 2.45) is 0 Å². The van der Waals surface area contributed by atoms with Gasteiger partial charge in [-0.25, -0.2) is 4.79 Å². The number of rotatable bonds is 6. The summed E-state index contributed by atoms with van der Waals surface area (Å²) in [5, 5.41) is 13.0. The number of aryl methyl sites for hydroxylation is 2. The third-order valence-corrected chi connectivity index (χ3v) is 5.93. The van der Waals surface area contributed by atoms with E-state index >= 15 is 0 Å². The first kappa shape index (κ1) is 23.6. The molecule has 32 heavy (non-hydrogen) atoms. The first-order valence-electron chi connectivity index (χ1n) is 11.4. The quantitative estimate of drug-likeness (QED) is 0.725. The molecule has 2 atom stereocenters. The SMILES string of the molecule is CCn1c(CCC2CCCN2C(=O)C(C)NC(=O)OC(C)(C)C)cc2ccc(C#N)cc21. The predicted molar refractivity (Wildman–Crippen MR) is 124 cm³/mol. The first-order valence-corrected chi connectivity index (χ1v) is 11.4. The second-order valence-corrected chi connectivity index (χ2v) is 9.50. The Labute approximate surface area is 190 Å². The Morgan fingerprint density at radius 2 is 2.06 bits per heavy atom. The maximum absolute atomic E-state index is 13.0. The Morgan fingerprint density at radius 3 is 2.72 bits per heavy atom. The van der Waals surface area contributed by atoms with Crippen molar-refractivity contribution >= 4 is 22.9 Å². The Balaban J connectivity index is 1.66. The van der Waals surface area contributed by atoms with E-state index < -0.39 is 17.7 Å².